The monoisotopic (exact) mass is 252 g/mol. The second-order valence-electron chi connectivity index (χ2n) is 4.00. The summed E-state index contributed by atoms with van der Waals surface area (Å²) in [5.41, 5.74) is 1.99. The summed E-state index contributed by atoms with van der Waals surface area (Å²) in [7, 11) is -2.04. The minimum absolute atomic E-state index is 0.293. The number of benzene rings is 1. The van der Waals surface area contributed by atoms with Crippen LogP contribution in [0.3, 0.4) is 0 Å². The summed E-state index contributed by atoms with van der Waals surface area (Å²) < 4.78 is 25.0. The van der Waals surface area contributed by atoms with Gasteiger partial charge in [-0.3, -0.25) is 0 Å². The average molecular weight is 252 g/mol. The molecule has 1 aromatic carbocycles. The van der Waals surface area contributed by atoms with Crippen molar-refractivity contribution in [3.05, 3.63) is 35.4 Å². The standard InChI is InChI=1S/C12H16N2O2S/c1-10-6-4-5-7-12(10)9-14(3)17(15,16)11(2)8-13/h4-7,11H,9H2,1-3H3. The molecule has 1 rings (SSSR count). The fourth-order valence-electron chi connectivity index (χ4n) is 1.45. The van der Waals surface area contributed by atoms with Gasteiger partial charge in [-0.25, -0.2) is 8.42 Å². The van der Waals surface area contributed by atoms with Gasteiger partial charge >= 0.3 is 0 Å². The van der Waals surface area contributed by atoms with Gasteiger partial charge < -0.3 is 0 Å². The zero-order valence-electron chi connectivity index (χ0n) is 10.2. The molecular weight excluding hydrogens is 236 g/mol. The molecule has 0 N–H and O–H groups in total. The molecule has 5 heteroatoms. The molecule has 0 radical (unpaired) electrons. The predicted molar refractivity (Wildman–Crippen MR) is 66.6 cm³/mol. The van der Waals surface area contributed by atoms with Crippen molar-refractivity contribution in [1.29, 1.82) is 5.26 Å². The number of nitrogens with zero attached hydrogens (tertiary/aromatic N) is 2. The zero-order chi connectivity index (χ0) is 13.1. The quantitative estimate of drug-likeness (QED) is 0.819. The lowest BCUT2D eigenvalue weighted by Crippen LogP contribution is -2.33. The minimum atomic E-state index is -3.53. The first kappa shape index (κ1) is 13.7. The normalized spacial score (nSPS) is 13.4. The molecule has 17 heavy (non-hydrogen) atoms. The van der Waals surface area contributed by atoms with Gasteiger partial charge in [0.1, 0.15) is 0 Å². The van der Waals surface area contributed by atoms with E-state index in [0.29, 0.717) is 6.54 Å². The third-order valence-electron chi connectivity index (χ3n) is 2.72. The lowest BCUT2D eigenvalue weighted by molar-refractivity contribution is 0.462. The molecule has 0 heterocycles. The molecule has 0 aliphatic heterocycles. The molecule has 0 spiro atoms. The van der Waals surface area contributed by atoms with Crippen LogP contribution in [0.4, 0.5) is 0 Å². The van der Waals surface area contributed by atoms with E-state index in [1.165, 1.54) is 18.3 Å². The van der Waals surface area contributed by atoms with E-state index >= 15 is 0 Å². The first-order valence-corrected chi connectivity index (χ1v) is 6.79. The van der Waals surface area contributed by atoms with Crippen molar-refractivity contribution in [2.75, 3.05) is 7.05 Å². The number of nitriles is 1. The summed E-state index contributed by atoms with van der Waals surface area (Å²) in [6.45, 7) is 3.62. The molecule has 0 aliphatic rings. The molecule has 0 saturated carbocycles. The van der Waals surface area contributed by atoms with Gasteiger partial charge in [0.15, 0.2) is 5.25 Å². The Morgan fingerprint density at radius 3 is 2.53 bits per heavy atom. The summed E-state index contributed by atoms with van der Waals surface area (Å²) in [5, 5.41) is 7.67. The molecule has 4 nitrogen and oxygen atoms in total. The van der Waals surface area contributed by atoms with E-state index in [0.717, 1.165) is 11.1 Å². The molecule has 0 amide bonds. The lowest BCUT2D eigenvalue weighted by Gasteiger charge is -2.19. The smallest absolute Gasteiger partial charge is 0.211 e. The van der Waals surface area contributed by atoms with Crippen molar-refractivity contribution in [3.63, 3.8) is 0 Å². The minimum Gasteiger partial charge on any atom is -0.211 e. The molecular formula is C12H16N2O2S. The molecule has 0 saturated heterocycles. The highest BCUT2D eigenvalue weighted by molar-refractivity contribution is 7.89. The van der Waals surface area contributed by atoms with Crippen LogP contribution in [-0.2, 0) is 16.6 Å². The Morgan fingerprint density at radius 1 is 1.41 bits per heavy atom. The summed E-state index contributed by atoms with van der Waals surface area (Å²) >= 11 is 0. The van der Waals surface area contributed by atoms with Crippen molar-refractivity contribution in [2.45, 2.75) is 25.6 Å². The fourth-order valence-corrected chi connectivity index (χ4v) is 2.45. The number of aryl methyl sites for hydroxylation is 1. The van der Waals surface area contributed by atoms with Gasteiger partial charge in [-0.1, -0.05) is 24.3 Å². The van der Waals surface area contributed by atoms with Crippen molar-refractivity contribution in [1.82, 2.24) is 4.31 Å². The molecule has 1 aromatic rings. The summed E-state index contributed by atoms with van der Waals surface area (Å²) in [5.74, 6) is 0. The van der Waals surface area contributed by atoms with Crippen molar-refractivity contribution >= 4 is 10.0 Å². The third-order valence-corrected chi connectivity index (χ3v) is 4.71. The van der Waals surface area contributed by atoms with E-state index < -0.39 is 15.3 Å². The first-order chi connectivity index (χ1) is 7.89. The van der Waals surface area contributed by atoms with E-state index in [2.05, 4.69) is 0 Å². The van der Waals surface area contributed by atoms with Crippen molar-refractivity contribution < 1.29 is 8.42 Å². The Morgan fingerprint density at radius 2 is 2.00 bits per heavy atom. The molecule has 0 bridgehead atoms. The summed E-state index contributed by atoms with van der Waals surface area (Å²) in [6, 6.07) is 9.36. The third kappa shape index (κ3) is 3.05. The lowest BCUT2D eigenvalue weighted by atomic mass is 10.1. The first-order valence-electron chi connectivity index (χ1n) is 5.29. The Hall–Kier alpha value is -1.38. The Bertz CT molecular complexity index is 532. The molecule has 1 unspecified atom stereocenters. The van der Waals surface area contributed by atoms with E-state index in [4.69, 9.17) is 5.26 Å². The van der Waals surface area contributed by atoms with Crippen LogP contribution in [-0.4, -0.2) is 25.0 Å². The average Bonchev–Trinajstić information content (AvgIpc) is 2.30. The molecule has 0 aromatic heterocycles. The van der Waals surface area contributed by atoms with E-state index in [1.54, 1.807) is 6.07 Å². The van der Waals surface area contributed by atoms with E-state index in [1.807, 2.05) is 31.2 Å². The maximum Gasteiger partial charge on any atom is 0.230 e. The second-order valence-corrected chi connectivity index (χ2v) is 6.36. The second kappa shape index (κ2) is 5.30. The van der Waals surface area contributed by atoms with Gasteiger partial charge in [0, 0.05) is 13.6 Å². The van der Waals surface area contributed by atoms with Crippen LogP contribution in [0.15, 0.2) is 24.3 Å². The molecule has 0 aliphatic carbocycles. The van der Waals surface area contributed by atoms with Crippen LogP contribution >= 0.6 is 0 Å². The fraction of sp³-hybridized carbons (Fsp3) is 0.417. The summed E-state index contributed by atoms with van der Waals surface area (Å²) in [4.78, 5) is 0. The van der Waals surface area contributed by atoms with Gasteiger partial charge in [-0.15, -0.1) is 0 Å². The van der Waals surface area contributed by atoms with Crippen LogP contribution in [0, 0.1) is 18.3 Å². The highest BCUT2D eigenvalue weighted by atomic mass is 32.2. The number of hydrogen-bond acceptors (Lipinski definition) is 3. The van der Waals surface area contributed by atoms with Crippen LogP contribution in [0.25, 0.3) is 0 Å². The van der Waals surface area contributed by atoms with Crippen LogP contribution in [0.1, 0.15) is 18.1 Å². The zero-order valence-corrected chi connectivity index (χ0v) is 11.0. The topological polar surface area (TPSA) is 61.2 Å². The molecule has 0 fully saturated rings. The highest BCUT2D eigenvalue weighted by Gasteiger charge is 2.25. The Labute approximate surface area is 103 Å². The van der Waals surface area contributed by atoms with Crippen LogP contribution in [0.5, 0.6) is 0 Å². The highest BCUT2D eigenvalue weighted by Crippen LogP contribution is 2.14. The van der Waals surface area contributed by atoms with Crippen molar-refractivity contribution in [3.8, 4) is 6.07 Å². The Kier molecular flexibility index (Phi) is 4.27. The van der Waals surface area contributed by atoms with E-state index in [-0.39, 0.29) is 0 Å². The van der Waals surface area contributed by atoms with Gasteiger partial charge in [0.05, 0.1) is 6.07 Å². The number of sulfonamides is 1. The number of hydrogen-bond donors (Lipinski definition) is 0. The summed E-state index contributed by atoms with van der Waals surface area (Å²) in [6.07, 6.45) is 0. The maximum atomic E-state index is 11.9. The maximum absolute atomic E-state index is 11.9. The van der Waals surface area contributed by atoms with Gasteiger partial charge in [0.25, 0.3) is 0 Å². The van der Waals surface area contributed by atoms with Crippen LogP contribution < -0.4 is 0 Å². The molecule has 92 valence electrons. The Balaban J connectivity index is 2.92. The van der Waals surface area contributed by atoms with Gasteiger partial charge in [0.2, 0.25) is 10.0 Å². The van der Waals surface area contributed by atoms with E-state index in [9.17, 15) is 8.42 Å². The van der Waals surface area contributed by atoms with Gasteiger partial charge in [-0.05, 0) is 25.0 Å². The largest absolute Gasteiger partial charge is 0.230 e. The van der Waals surface area contributed by atoms with Crippen LogP contribution in [0.2, 0.25) is 0 Å². The predicted octanol–water partition coefficient (Wildman–Crippen LogP) is 1.67. The number of rotatable bonds is 4. The van der Waals surface area contributed by atoms with Gasteiger partial charge in [-0.2, -0.15) is 9.57 Å². The SMILES string of the molecule is Cc1ccccc1CN(C)S(=O)(=O)C(C)C#N. The molecule has 1 atom stereocenters. The van der Waals surface area contributed by atoms with Crippen molar-refractivity contribution in [2.24, 2.45) is 0 Å².